The van der Waals surface area contributed by atoms with E-state index >= 15 is 0 Å². The van der Waals surface area contributed by atoms with Crippen LogP contribution in [0, 0.1) is 11.3 Å². The lowest BCUT2D eigenvalue weighted by Crippen LogP contribution is -2.27. The van der Waals surface area contributed by atoms with Crippen LogP contribution in [0.1, 0.15) is 13.3 Å². The highest BCUT2D eigenvalue weighted by Gasteiger charge is 2.39. The van der Waals surface area contributed by atoms with E-state index in [0.29, 0.717) is 5.37 Å². The Morgan fingerprint density at radius 2 is 1.17 bits per heavy atom. The van der Waals surface area contributed by atoms with Crippen molar-refractivity contribution in [2.24, 2.45) is 0 Å². The Labute approximate surface area is 165 Å². The number of nitrogens with one attached hydrogen (secondary N) is 1. The van der Waals surface area contributed by atoms with Gasteiger partial charge in [-0.2, -0.15) is 44.8 Å². The summed E-state index contributed by atoms with van der Waals surface area (Å²) in [5.74, 6) is -7.32. The molecule has 0 amide bonds. The van der Waals surface area contributed by atoms with Crippen molar-refractivity contribution < 1.29 is 69.2 Å². The van der Waals surface area contributed by atoms with Crippen LogP contribution in [0.5, 0.6) is 0 Å². The highest BCUT2D eigenvalue weighted by atomic mass is 32.2. The maximum Gasteiger partial charge on any atom is 0.490 e. The van der Waals surface area contributed by atoms with Crippen LogP contribution < -0.4 is 5.32 Å². The first-order chi connectivity index (χ1) is 13.2. The van der Waals surface area contributed by atoms with Gasteiger partial charge in [-0.15, -0.1) is 11.8 Å². The molecule has 18 heteroatoms. The zero-order valence-corrected chi connectivity index (χ0v) is 15.2. The Balaban J connectivity index is -0.000000327. The largest absolute Gasteiger partial charge is 0.490 e. The van der Waals surface area contributed by atoms with Gasteiger partial charge in [0.05, 0.1) is 11.4 Å². The summed E-state index contributed by atoms with van der Waals surface area (Å²) in [7, 11) is 0. The van der Waals surface area contributed by atoms with Crippen molar-refractivity contribution in [1.29, 1.82) is 5.26 Å². The van der Waals surface area contributed by atoms with Gasteiger partial charge in [0.15, 0.2) is 0 Å². The number of rotatable bonds is 1. The number of carboxylic acids is 3. The van der Waals surface area contributed by atoms with Gasteiger partial charge in [0.2, 0.25) is 0 Å². The van der Waals surface area contributed by atoms with Crippen LogP contribution in [0.4, 0.5) is 39.5 Å². The predicted molar refractivity (Wildman–Crippen MR) is 80.1 cm³/mol. The summed E-state index contributed by atoms with van der Waals surface area (Å²) in [4.78, 5) is 26.7. The van der Waals surface area contributed by atoms with E-state index in [2.05, 4.69) is 18.3 Å². The molecule has 1 rings (SSSR count). The number of halogens is 9. The molecule has 4 N–H and O–H groups in total. The fraction of sp³-hybridized carbons (Fsp3) is 0.667. The van der Waals surface area contributed by atoms with E-state index in [1.165, 1.54) is 0 Å². The first-order valence-electron chi connectivity index (χ1n) is 6.87. The lowest BCUT2D eigenvalue weighted by Gasteiger charge is -2.03. The van der Waals surface area contributed by atoms with Gasteiger partial charge in [-0.25, -0.2) is 14.4 Å². The number of thioether (sulfide) groups is 1. The van der Waals surface area contributed by atoms with E-state index < -0.39 is 36.4 Å². The SMILES string of the molecule is CCC1NC(C#N)CS1.O=C(O)C(F)(F)F.O=C(O)C(F)(F)F.O=C(O)C(F)(F)F. The molecule has 1 saturated heterocycles. The zero-order chi connectivity index (χ0) is 24.9. The number of aliphatic carboxylic acids is 3. The second kappa shape index (κ2) is 13.7. The van der Waals surface area contributed by atoms with Gasteiger partial charge in [-0.05, 0) is 6.42 Å². The lowest BCUT2D eigenvalue weighted by atomic mass is 10.3. The molecule has 0 aliphatic carbocycles. The average molecular weight is 484 g/mol. The number of nitrogens with zero attached hydrogens (tertiary/aromatic N) is 1. The van der Waals surface area contributed by atoms with Gasteiger partial charge in [0, 0.05) is 5.75 Å². The van der Waals surface area contributed by atoms with Gasteiger partial charge in [-0.3, -0.25) is 5.32 Å². The van der Waals surface area contributed by atoms with Crippen molar-refractivity contribution in [2.75, 3.05) is 5.75 Å². The van der Waals surface area contributed by atoms with Crippen molar-refractivity contribution in [3.63, 3.8) is 0 Å². The van der Waals surface area contributed by atoms with Crippen LogP contribution in [-0.2, 0) is 14.4 Å². The molecule has 0 aromatic rings. The Morgan fingerprint density at radius 3 is 1.27 bits per heavy atom. The highest BCUT2D eigenvalue weighted by molar-refractivity contribution is 8.00. The quantitative estimate of drug-likeness (QED) is 0.413. The Hall–Kier alpha value is -2.42. The molecular formula is C12H13F9N2O6S. The molecular weight excluding hydrogens is 471 g/mol. The van der Waals surface area contributed by atoms with E-state index in [9.17, 15) is 39.5 Å². The minimum atomic E-state index is -5.08. The predicted octanol–water partition coefficient (Wildman–Crippen LogP) is 2.85. The summed E-state index contributed by atoms with van der Waals surface area (Å²) < 4.78 is 95.2. The molecule has 176 valence electrons. The first kappa shape index (κ1) is 32.3. The molecule has 1 aliphatic rings. The minimum Gasteiger partial charge on any atom is -0.475 e. The van der Waals surface area contributed by atoms with Crippen LogP contribution in [0.15, 0.2) is 0 Å². The third-order valence-corrected chi connectivity index (χ3v) is 3.50. The molecule has 1 aliphatic heterocycles. The van der Waals surface area contributed by atoms with Gasteiger partial charge in [-0.1, -0.05) is 6.92 Å². The molecule has 0 radical (unpaired) electrons. The van der Waals surface area contributed by atoms with Crippen molar-refractivity contribution in [3.05, 3.63) is 0 Å². The summed E-state index contributed by atoms with van der Waals surface area (Å²) in [5, 5.41) is 33.5. The lowest BCUT2D eigenvalue weighted by molar-refractivity contribution is -0.193. The molecule has 1 fully saturated rings. The summed E-state index contributed by atoms with van der Waals surface area (Å²) >= 11 is 1.84. The van der Waals surface area contributed by atoms with E-state index in [4.69, 9.17) is 35.0 Å². The van der Waals surface area contributed by atoms with Crippen molar-refractivity contribution >= 4 is 29.7 Å². The molecule has 2 atom stereocenters. The fourth-order valence-corrected chi connectivity index (χ4v) is 1.93. The van der Waals surface area contributed by atoms with E-state index in [1.54, 1.807) is 0 Å². The van der Waals surface area contributed by atoms with Gasteiger partial charge in [0.1, 0.15) is 6.04 Å². The molecule has 0 spiro atoms. The molecule has 2 unspecified atom stereocenters. The summed E-state index contributed by atoms with van der Waals surface area (Å²) in [6, 6.07) is 2.29. The molecule has 0 aromatic heterocycles. The topological polar surface area (TPSA) is 148 Å². The van der Waals surface area contributed by atoms with E-state index in [0.717, 1.165) is 12.2 Å². The molecule has 30 heavy (non-hydrogen) atoms. The smallest absolute Gasteiger partial charge is 0.475 e. The standard InChI is InChI=1S/C6H10N2S.3C2HF3O2/c1-2-6-8-5(3-7)4-9-6;3*3-2(4,5)1(6)7/h5-6,8H,2,4H2,1H3;3*(H,6,7). The van der Waals surface area contributed by atoms with E-state index in [1.807, 2.05) is 11.8 Å². The summed E-state index contributed by atoms with van der Waals surface area (Å²) in [6.07, 6.45) is -14.1. The summed E-state index contributed by atoms with van der Waals surface area (Å²) in [6.45, 7) is 2.13. The fourth-order valence-electron chi connectivity index (χ4n) is 0.843. The highest BCUT2D eigenvalue weighted by Crippen LogP contribution is 2.20. The number of nitriles is 1. The maximum atomic E-state index is 10.6. The zero-order valence-electron chi connectivity index (χ0n) is 14.4. The Bertz CT molecular complexity index is 544. The third kappa shape index (κ3) is 18.9. The molecule has 0 bridgehead atoms. The summed E-state index contributed by atoms with van der Waals surface area (Å²) in [5.41, 5.74) is 0. The number of hydrogen-bond acceptors (Lipinski definition) is 6. The number of carboxylic acid groups (broad SMARTS) is 3. The second-order valence-electron chi connectivity index (χ2n) is 4.49. The third-order valence-electron chi connectivity index (χ3n) is 2.11. The van der Waals surface area contributed by atoms with Crippen molar-refractivity contribution in [3.8, 4) is 6.07 Å². The van der Waals surface area contributed by atoms with Crippen LogP contribution in [0.25, 0.3) is 0 Å². The molecule has 0 aromatic carbocycles. The van der Waals surface area contributed by atoms with Gasteiger partial charge in [0.25, 0.3) is 0 Å². The maximum absolute atomic E-state index is 10.6. The number of carbonyl (C=O) groups is 3. The Morgan fingerprint density at radius 1 is 0.900 bits per heavy atom. The molecule has 1 heterocycles. The van der Waals surface area contributed by atoms with Crippen molar-refractivity contribution in [1.82, 2.24) is 5.32 Å². The van der Waals surface area contributed by atoms with E-state index in [-0.39, 0.29) is 6.04 Å². The van der Waals surface area contributed by atoms with Crippen LogP contribution >= 0.6 is 11.8 Å². The monoisotopic (exact) mass is 484 g/mol. The molecule has 8 nitrogen and oxygen atoms in total. The van der Waals surface area contributed by atoms with Crippen LogP contribution in [-0.4, -0.2) is 68.9 Å². The minimum absolute atomic E-state index is 0.0972. The first-order valence-corrected chi connectivity index (χ1v) is 7.92. The number of hydrogen-bond donors (Lipinski definition) is 4. The van der Waals surface area contributed by atoms with Crippen LogP contribution in [0.2, 0.25) is 0 Å². The number of alkyl halides is 9. The van der Waals surface area contributed by atoms with Crippen molar-refractivity contribution in [2.45, 2.75) is 43.3 Å². The second-order valence-corrected chi connectivity index (χ2v) is 5.72. The Kier molecular flexibility index (Phi) is 14.8. The van der Waals surface area contributed by atoms with Gasteiger partial charge >= 0.3 is 36.4 Å². The van der Waals surface area contributed by atoms with Gasteiger partial charge < -0.3 is 15.3 Å². The van der Waals surface area contributed by atoms with Crippen LogP contribution in [0.3, 0.4) is 0 Å². The average Bonchev–Trinajstić information content (AvgIpc) is 3.02. The molecule has 0 saturated carbocycles. The normalized spacial score (nSPS) is 18.2.